The van der Waals surface area contributed by atoms with Crippen LogP contribution in [-0.4, -0.2) is 67.7 Å². The third kappa shape index (κ3) is 5.17. The maximum Gasteiger partial charge on any atom is 0.325 e. The Kier molecular flexibility index (Phi) is 6.02. The van der Waals surface area contributed by atoms with E-state index in [4.69, 9.17) is 5.11 Å². The van der Waals surface area contributed by atoms with Gasteiger partial charge in [0.05, 0.1) is 0 Å². The first-order chi connectivity index (χ1) is 11.7. The van der Waals surface area contributed by atoms with Crippen molar-refractivity contribution < 1.29 is 23.1 Å². The van der Waals surface area contributed by atoms with E-state index in [9.17, 15) is 18.0 Å². The second-order valence-corrected chi connectivity index (χ2v) is 8.08. The highest BCUT2D eigenvalue weighted by atomic mass is 32.2. The molecule has 0 radical (unpaired) electrons. The maximum absolute atomic E-state index is 12.3. The molecule has 0 aromatic heterocycles. The van der Waals surface area contributed by atoms with Gasteiger partial charge in [0.2, 0.25) is 15.9 Å². The van der Waals surface area contributed by atoms with Crippen molar-refractivity contribution in [1.82, 2.24) is 9.62 Å². The van der Waals surface area contributed by atoms with Crippen molar-refractivity contribution in [2.24, 2.45) is 0 Å². The minimum atomic E-state index is -3.77. The average molecular weight is 369 g/mol. The number of piperazine rings is 1. The number of benzene rings is 1. The molecule has 2 rings (SSSR count). The number of carboxylic acid groups (broad SMARTS) is 1. The first-order valence-corrected chi connectivity index (χ1v) is 9.61. The van der Waals surface area contributed by atoms with Crippen molar-refractivity contribution in [3.8, 4) is 0 Å². The predicted molar refractivity (Wildman–Crippen MR) is 94.0 cm³/mol. The number of sulfonamides is 1. The zero-order valence-corrected chi connectivity index (χ0v) is 15.1. The Bertz CT molecular complexity index is 742. The van der Waals surface area contributed by atoms with E-state index < -0.39 is 33.7 Å². The Morgan fingerprint density at radius 2 is 1.88 bits per heavy atom. The van der Waals surface area contributed by atoms with Gasteiger partial charge in [-0.2, -0.15) is 4.31 Å². The molecule has 0 spiro atoms. The van der Waals surface area contributed by atoms with E-state index in [1.54, 1.807) is 0 Å². The van der Waals surface area contributed by atoms with Crippen LogP contribution in [0.1, 0.15) is 12.5 Å². The van der Waals surface area contributed by atoms with E-state index in [-0.39, 0.29) is 13.1 Å². The number of hydrogen-bond donors (Lipinski definition) is 2. The van der Waals surface area contributed by atoms with Crippen molar-refractivity contribution in [2.45, 2.75) is 19.9 Å². The molecule has 1 aliphatic heterocycles. The minimum absolute atomic E-state index is 0.290. The van der Waals surface area contributed by atoms with Crippen molar-refractivity contribution in [1.29, 1.82) is 0 Å². The zero-order valence-electron chi connectivity index (χ0n) is 14.3. The Morgan fingerprint density at radius 1 is 1.24 bits per heavy atom. The fourth-order valence-electron chi connectivity index (χ4n) is 2.65. The molecule has 25 heavy (non-hydrogen) atoms. The van der Waals surface area contributed by atoms with Crippen LogP contribution >= 0.6 is 0 Å². The predicted octanol–water partition coefficient (Wildman–Crippen LogP) is 0.0361. The van der Waals surface area contributed by atoms with Crippen LogP contribution in [0.25, 0.3) is 0 Å². The molecule has 8 nitrogen and oxygen atoms in total. The number of anilines is 1. The highest BCUT2D eigenvalue weighted by molar-refractivity contribution is 7.89. The van der Waals surface area contributed by atoms with E-state index in [1.807, 2.05) is 31.2 Å². The summed E-state index contributed by atoms with van der Waals surface area (Å²) >= 11 is 0. The van der Waals surface area contributed by atoms with Crippen molar-refractivity contribution in [3.63, 3.8) is 0 Å². The first kappa shape index (κ1) is 19.2. The Balaban J connectivity index is 1.92. The van der Waals surface area contributed by atoms with Gasteiger partial charge in [0.15, 0.2) is 0 Å². The second-order valence-electron chi connectivity index (χ2n) is 6.11. The van der Waals surface area contributed by atoms with Gasteiger partial charge >= 0.3 is 5.97 Å². The number of nitrogens with one attached hydrogen (secondary N) is 1. The number of aliphatic carboxylic acids is 1. The molecule has 0 unspecified atom stereocenters. The SMILES string of the molecule is Cc1cccc(N2CCN(S(=O)(=O)CC(=O)N[C@H](C)C(=O)O)CC2)c1. The standard InChI is InChI=1S/C16H23N3O5S/c1-12-4-3-5-14(10-12)18-6-8-19(9-7-18)25(23,24)11-15(20)17-13(2)16(21)22/h3-5,10,13H,6-9,11H2,1-2H3,(H,17,20)(H,21,22)/t13-/m1/s1. The molecule has 1 aliphatic rings. The van der Waals surface area contributed by atoms with Gasteiger partial charge in [-0.15, -0.1) is 0 Å². The van der Waals surface area contributed by atoms with Gasteiger partial charge in [-0.3, -0.25) is 9.59 Å². The van der Waals surface area contributed by atoms with Crippen molar-refractivity contribution in [3.05, 3.63) is 29.8 Å². The molecule has 0 bridgehead atoms. The van der Waals surface area contributed by atoms with Gasteiger partial charge in [-0.25, -0.2) is 8.42 Å². The van der Waals surface area contributed by atoms with Gasteiger partial charge < -0.3 is 15.3 Å². The molecule has 0 aliphatic carbocycles. The smallest absolute Gasteiger partial charge is 0.325 e. The summed E-state index contributed by atoms with van der Waals surface area (Å²) < 4.78 is 26.0. The number of nitrogens with zero attached hydrogens (tertiary/aromatic N) is 2. The Hall–Kier alpha value is -2.13. The zero-order chi connectivity index (χ0) is 18.6. The maximum atomic E-state index is 12.3. The number of carboxylic acids is 1. The summed E-state index contributed by atoms with van der Waals surface area (Å²) in [6.45, 7) is 4.94. The summed E-state index contributed by atoms with van der Waals surface area (Å²) in [7, 11) is -3.77. The van der Waals surface area contributed by atoms with Crippen LogP contribution in [0.2, 0.25) is 0 Å². The molecule has 0 saturated carbocycles. The molecule has 1 aromatic rings. The average Bonchev–Trinajstić information content (AvgIpc) is 2.54. The quantitative estimate of drug-likeness (QED) is 0.733. The molecule has 1 fully saturated rings. The number of amides is 1. The monoisotopic (exact) mass is 369 g/mol. The third-order valence-electron chi connectivity index (χ3n) is 4.06. The van der Waals surface area contributed by atoms with Crippen LogP contribution in [0.15, 0.2) is 24.3 Å². The molecule has 2 N–H and O–H groups in total. The third-order valence-corrected chi connectivity index (χ3v) is 5.84. The number of hydrogen-bond acceptors (Lipinski definition) is 5. The van der Waals surface area contributed by atoms with Crippen LogP contribution < -0.4 is 10.2 Å². The number of rotatable bonds is 6. The molecular formula is C16H23N3O5S. The number of carbonyl (C=O) groups is 2. The van der Waals surface area contributed by atoms with Crippen LogP contribution in [0.4, 0.5) is 5.69 Å². The summed E-state index contributed by atoms with van der Waals surface area (Å²) in [5, 5.41) is 10.9. The number of carbonyl (C=O) groups excluding carboxylic acids is 1. The highest BCUT2D eigenvalue weighted by Crippen LogP contribution is 2.19. The topological polar surface area (TPSA) is 107 Å². The van der Waals surface area contributed by atoms with E-state index in [2.05, 4.69) is 10.2 Å². The molecule has 1 aromatic carbocycles. The van der Waals surface area contributed by atoms with E-state index in [0.717, 1.165) is 11.3 Å². The lowest BCUT2D eigenvalue weighted by Crippen LogP contribution is -2.51. The second kappa shape index (κ2) is 7.83. The lowest BCUT2D eigenvalue weighted by Gasteiger charge is -2.35. The minimum Gasteiger partial charge on any atom is -0.480 e. The summed E-state index contributed by atoms with van der Waals surface area (Å²) in [4.78, 5) is 24.6. The van der Waals surface area contributed by atoms with Crippen LogP contribution in [-0.2, 0) is 19.6 Å². The van der Waals surface area contributed by atoms with E-state index >= 15 is 0 Å². The highest BCUT2D eigenvalue weighted by Gasteiger charge is 2.29. The Labute approximate surface area is 147 Å². The summed E-state index contributed by atoms with van der Waals surface area (Å²) in [5.41, 5.74) is 2.18. The summed E-state index contributed by atoms with van der Waals surface area (Å²) in [6, 6.07) is 6.87. The van der Waals surface area contributed by atoms with Gasteiger partial charge in [-0.1, -0.05) is 12.1 Å². The lowest BCUT2D eigenvalue weighted by molar-refractivity contribution is -0.140. The Morgan fingerprint density at radius 3 is 2.44 bits per heavy atom. The summed E-state index contributed by atoms with van der Waals surface area (Å²) in [5.74, 6) is -2.76. The molecule has 1 amide bonds. The van der Waals surface area contributed by atoms with Gasteiger partial charge in [0.1, 0.15) is 11.8 Å². The first-order valence-electron chi connectivity index (χ1n) is 8.00. The molecule has 1 heterocycles. The normalized spacial score (nSPS) is 17.1. The van der Waals surface area contributed by atoms with Gasteiger partial charge in [0, 0.05) is 31.9 Å². The molecule has 9 heteroatoms. The van der Waals surface area contributed by atoms with Crippen LogP contribution in [0.5, 0.6) is 0 Å². The lowest BCUT2D eigenvalue weighted by atomic mass is 10.2. The molecule has 1 atom stereocenters. The fourth-order valence-corrected chi connectivity index (χ4v) is 3.97. The van der Waals surface area contributed by atoms with Crippen LogP contribution in [0.3, 0.4) is 0 Å². The van der Waals surface area contributed by atoms with Gasteiger partial charge in [-0.05, 0) is 31.5 Å². The molecular weight excluding hydrogens is 346 g/mol. The largest absolute Gasteiger partial charge is 0.480 e. The van der Waals surface area contributed by atoms with E-state index in [1.165, 1.54) is 11.2 Å². The van der Waals surface area contributed by atoms with Crippen molar-refractivity contribution in [2.75, 3.05) is 36.8 Å². The van der Waals surface area contributed by atoms with Crippen molar-refractivity contribution >= 4 is 27.6 Å². The van der Waals surface area contributed by atoms with Crippen LogP contribution in [0, 0.1) is 6.92 Å². The van der Waals surface area contributed by atoms with E-state index in [0.29, 0.717) is 13.1 Å². The number of aryl methyl sites for hydroxylation is 1. The fraction of sp³-hybridized carbons (Fsp3) is 0.500. The summed E-state index contributed by atoms with van der Waals surface area (Å²) in [6.07, 6.45) is 0. The molecule has 1 saturated heterocycles. The van der Waals surface area contributed by atoms with Gasteiger partial charge in [0.25, 0.3) is 0 Å². The molecule has 138 valence electrons.